The Morgan fingerprint density at radius 2 is 1.36 bits per heavy atom. The van der Waals surface area contributed by atoms with E-state index in [0.717, 1.165) is 7.88 Å². The van der Waals surface area contributed by atoms with E-state index >= 15 is 0 Å². The zero-order chi connectivity index (χ0) is 20.1. The normalized spacial score (nSPS) is 11.1. The molecular weight excluding hydrogens is 487 g/mol. The minimum absolute atomic E-state index is 0.142. The average Bonchev–Trinajstić information content (AvgIpc) is 2.73. The number of hydrogen-bond acceptors (Lipinski definition) is 3. The van der Waals surface area contributed by atoms with E-state index in [-0.39, 0.29) is 17.3 Å². The van der Waals surface area contributed by atoms with Crippen molar-refractivity contribution in [3.05, 3.63) is 88.5 Å². The van der Waals surface area contributed by atoms with Crippen LogP contribution in [0.25, 0.3) is 0 Å². The first kappa shape index (κ1) is 20.3. The molecular formula is C21H19IN2O3S. The van der Waals surface area contributed by atoms with Gasteiger partial charge in [-0.2, -0.15) is 0 Å². The Morgan fingerprint density at radius 1 is 0.821 bits per heavy atom. The fourth-order valence-electron chi connectivity index (χ4n) is 2.67. The second kappa shape index (κ2) is 8.74. The molecule has 0 heterocycles. The van der Waals surface area contributed by atoms with Crippen molar-refractivity contribution in [3.8, 4) is 0 Å². The molecule has 0 saturated carbocycles. The molecule has 144 valence electrons. The van der Waals surface area contributed by atoms with Crippen LogP contribution in [-0.2, 0) is 14.8 Å². The summed E-state index contributed by atoms with van der Waals surface area (Å²) < 4.78 is 28.7. The zero-order valence-electron chi connectivity index (χ0n) is 15.2. The molecule has 0 aliphatic heterocycles. The zero-order valence-corrected chi connectivity index (χ0v) is 18.2. The fourth-order valence-corrected chi connectivity index (χ4v) is 4.46. The van der Waals surface area contributed by atoms with E-state index in [2.05, 4.69) is 22.6 Å². The summed E-state index contributed by atoms with van der Waals surface area (Å²) in [6.45, 7) is -0.302. The molecule has 1 amide bonds. The third-order valence-corrected chi connectivity index (χ3v) is 6.75. The quantitative estimate of drug-likeness (QED) is 0.473. The molecule has 28 heavy (non-hydrogen) atoms. The van der Waals surface area contributed by atoms with E-state index in [1.54, 1.807) is 49.5 Å². The first-order valence-corrected chi connectivity index (χ1v) is 11.1. The van der Waals surface area contributed by atoms with Crippen molar-refractivity contribution in [3.63, 3.8) is 0 Å². The van der Waals surface area contributed by atoms with Crippen LogP contribution in [0.2, 0.25) is 0 Å². The van der Waals surface area contributed by atoms with Gasteiger partial charge in [-0.3, -0.25) is 9.10 Å². The number of para-hydroxylation sites is 1. The molecule has 3 rings (SSSR count). The van der Waals surface area contributed by atoms with E-state index in [1.165, 1.54) is 17.0 Å². The first-order chi connectivity index (χ1) is 13.4. The van der Waals surface area contributed by atoms with Gasteiger partial charge in [0.05, 0.1) is 10.6 Å². The Labute approximate surface area is 178 Å². The van der Waals surface area contributed by atoms with Gasteiger partial charge < -0.3 is 4.90 Å². The number of likely N-dealkylation sites (N-methyl/N-ethyl adjacent to an activating group) is 1. The number of benzene rings is 3. The number of sulfonamides is 1. The van der Waals surface area contributed by atoms with Crippen LogP contribution in [0.5, 0.6) is 0 Å². The van der Waals surface area contributed by atoms with Crippen LogP contribution in [0, 0.1) is 3.57 Å². The van der Waals surface area contributed by atoms with Gasteiger partial charge in [0.1, 0.15) is 6.54 Å². The standard InChI is InChI=1S/C21H19IN2O3S/c1-23(18-8-4-2-5-9-18)21(25)16-24(19-14-12-17(22)13-15-19)28(26,27)20-10-6-3-7-11-20/h2-15H,16H2,1H3. The summed E-state index contributed by atoms with van der Waals surface area (Å²) >= 11 is 2.15. The summed E-state index contributed by atoms with van der Waals surface area (Å²) in [6.07, 6.45) is 0. The second-order valence-corrected chi connectivity index (χ2v) is 9.20. The number of nitrogens with zero attached hydrogens (tertiary/aromatic N) is 2. The number of amides is 1. The largest absolute Gasteiger partial charge is 0.314 e. The maximum absolute atomic E-state index is 13.3. The maximum atomic E-state index is 13.3. The summed E-state index contributed by atoms with van der Waals surface area (Å²) in [6, 6.07) is 24.3. The van der Waals surface area contributed by atoms with E-state index in [4.69, 9.17) is 0 Å². The van der Waals surface area contributed by atoms with Crippen molar-refractivity contribution in [2.45, 2.75) is 4.90 Å². The van der Waals surface area contributed by atoms with Crippen LogP contribution in [0.4, 0.5) is 11.4 Å². The number of carbonyl (C=O) groups is 1. The Hall–Kier alpha value is -2.39. The van der Waals surface area contributed by atoms with Gasteiger partial charge in [0.15, 0.2) is 0 Å². The average molecular weight is 506 g/mol. The van der Waals surface area contributed by atoms with Crippen LogP contribution in [0.1, 0.15) is 0 Å². The third kappa shape index (κ3) is 4.53. The Morgan fingerprint density at radius 3 is 1.93 bits per heavy atom. The lowest BCUT2D eigenvalue weighted by Gasteiger charge is -2.26. The predicted octanol–water partition coefficient (Wildman–Crippen LogP) is 4.15. The highest BCUT2D eigenvalue weighted by atomic mass is 127. The lowest BCUT2D eigenvalue weighted by atomic mass is 10.3. The van der Waals surface area contributed by atoms with Gasteiger partial charge in [-0.25, -0.2) is 8.42 Å². The minimum Gasteiger partial charge on any atom is -0.314 e. The van der Waals surface area contributed by atoms with Crippen LogP contribution in [0.3, 0.4) is 0 Å². The van der Waals surface area contributed by atoms with E-state index in [1.807, 2.05) is 30.3 Å². The second-order valence-electron chi connectivity index (χ2n) is 6.09. The third-order valence-electron chi connectivity index (χ3n) is 4.24. The molecule has 0 fully saturated rings. The first-order valence-electron chi connectivity index (χ1n) is 8.54. The Bertz CT molecular complexity index is 1040. The summed E-state index contributed by atoms with van der Waals surface area (Å²) in [5.41, 5.74) is 1.14. The van der Waals surface area contributed by atoms with Crippen LogP contribution >= 0.6 is 22.6 Å². The molecule has 0 atom stereocenters. The van der Waals surface area contributed by atoms with E-state index in [9.17, 15) is 13.2 Å². The highest BCUT2D eigenvalue weighted by Crippen LogP contribution is 2.25. The van der Waals surface area contributed by atoms with Gasteiger partial charge in [-0.1, -0.05) is 36.4 Å². The number of anilines is 2. The number of carbonyl (C=O) groups excluding carboxylic acids is 1. The topological polar surface area (TPSA) is 57.7 Å². The molecule has 3 aromatic rings. The lowest BCUT2D eigenvalue weighted by molar-refractivity contribution is -0.116. The lowest BCUT2D eigenvalue weighted by Crippen LogP contribution is -2.41. The van der Waals surface area contributed by atoms with Gasteiger partial charge in [0, 0.05) is 16.3 Å². The summed E-state index contributed by atoms with van der Waals surface area (Å²) in [7, 11) is -2.26. The molecule has 0 saturated heterocycles. The molecule has 0 spiro atoms. The maximum Gasteiger partial charge on any atom is 0.264 e. The molecule has 0 aliphatic rings. The highest BCUT2D eigenvalue weighted by Gasteiger charge is 2.28. The molecule has 0 aliphatic carbocycles. The summed E-state index contributed by atoms with van der Waals surface area (Å²) in [5, 5.41) is 0. The monoisotopic (exact) mass is 506 g/mol. The minimum atomic E-state index is -3.89. The Kier molecular flexibility index (Phi) is 6.35. The van der Waals surface area contributed by atoms with E-state index in [0.29, 0.717) is 11.4 Å². The molecule has 7 heteroatoms. The van der Waals surface area contributed by atoms with Crippen molar-refractivity contribution in [2.75, 3.05) is 22.8 Å². The van der Waals surface area contributed by atoms with Gasteiger partial charge >= 0.3 is 0 Å². The molecule has 0 unspecified atom stereocenters. The number of rotatable bonds is 6. The SMILES string of the molecule is CN(C(=O)CN(c1ccc(I)cc1)S(=O)(=O)c1ccccc1)c1ccccc1. The van der Waals surface area contributed by atoms with Crippen LogP contribution in [-0.4, -0.2) is 27.9 Å². The molecule has 0 aromatic heterocycles. The van der Waals surface area contributed by atoms with Crippen molar-refractivity contribution in [2.24, 2.45) is 0 Å². The van der Waals surface area contributed by atoms with E-state index < -0.39 is 10.0 Å². The smallest absolute Gasteiger partial charge is 0.264 e. The van der Waals surface area contributed by atoms with Crippen molar-refractivity contribution in [1.29, 1.82) is 0 Å². The number of halogens is 1. The van der Waals surface area contributed by atoms with Gasteiger partial charge in [0.25, 0.3) is 10.0 Å². The molecule has 0 bridgehead atoms. The molecule has 3 aromatic carbocycles. The molecule has 0 N–H and O–H groups in total. The predicted molar refractivity (Wildman–Crippen MR) is 120 cm³/mol. The van der Waals surface area contributed by atoms with Crippen LogP contribution in [0.15, 0.2) is 89.8 Å². The highest BCUT2D eigenvalue weighted by molar-refractivity contribution is 14.1. The van der Waals surface area contributed by atoms with Gasteiger partial charge in [-0.05, 0) is 71.1 Å². The van der Waals surface area contributed by atoms with Crippen molar-refractivity contribution in [1.82, 2.24) is 0 Å². The molecule has 0 radical (unpaired) electrons. The summed E-state index contributed by atoms with van der Waals surface area (Å²) in [5.74, 6) is -0.329. The molecule has 5 nitrogen and oxygen atoms in total. The number of hydrogen-bond donors (Lipinski definition) is 0. The van der Waals surface area contributed by atoms with Crippen molar-refractivity contribution >= 4 is 49.9 Å². The van der Waals surface area contributed by atoms with Crippen LogP contribution < -0.4 is 9.21 Å². The van der Waals surface area contributed by atoms with Gasteiger partial charge in [0.2, 0.25) is 5.91 Å². The van der Waals surface area contributed by atoms with Gasteiger partial charge in [-0.15, -0.1) is 0 Å². The van der Waals surface area contributed by atoms with Crippen molar-refractivity contribution < 1.29 is 13.2 Å². The summed E-state index contributed by atoms with van der Waals surface area (Å²) in [4.78, 5) is 14.5. The fraction of sp³-hybridized carbons (Fsp3) is 0.0952. The Balaban J connectivity index is 1.97.